The number of likely N-dealkylation sites (tertiary alicyclic amines) is 1. The molecule has 0 radical (unpaired) electrons. The molecule has 1 saturated heterocycles. The summed E-state index contributed by atoms with van der Waals surface area (Å²) < 4.78 is 0. The Balaban J connectivity index is 2.37. The largest absolute Gasteiger partial charge is 0.395 e. The second kappa shape index (κ2) is 4.01. The quantitative estimate of drug-likeness (QED) is 0.464. The molecule has 0 aromatic heterocycles. The van der Waals surface area contributed by atoms with Crippen molar-refractivity contribution >= 4 is 0 Å². The third-order valence-electron chi connectivity index (χ3n) is 2.17. The van der Waals surface area contributed by atoms with Crippen LogP contribution in [0.2, 0.25) is 0 Å². The minimum atomic E-state index is -0.255. The lowest BCUT2D eigenvalue weighted by Gasteiger charge is -2.20. The SMILES string of the molecule is NCC1CC(O)CN1CCO. The predicted molar refractivity (Wildman–Crippen MR) is 42.1 cm³/mol. The minimum Gasteiger partial charge on any atom is -0.395 e. The molecule has 0 aliphatic carbocycles. The second-order valence-corrected chi connectivity index (χ2v) is 3.00. The molecule has 1 aliphatic rings. The fourth-order valence-corrected chi connectivity index (χ4v) is 1.61. The molecule has 0 aromatic rings. The number of hydrogen-bond donors (Lipinski definition) is 3. The molecule has 0 bridgehead atoms. The van der Waals surface area contributed by atoms with Crippen molar-refractivity contribution in [3.63, 3.8) is 0 Å². The van der Waals surface area contributed by atoms with Crippen LogP contribution in [0.1, 0.15) is 6.42 Å². The molecule has 1 rings (SSSR count). The van der Waals surface area contributed by atoms with Gasteiger partial charge in [-0.3, -0.25) is 4.90 Å². The molecule has 4 nitrogen and oxygen atoms in total. The van der Waals surface area contributed by atoms with Crippen molar-refractivity contribution in [3.05, 3.63) is 0 Å². The first-order chi connectivity index (χ1) is 5.27. The lowest BCUT2D eigenvalue weighted by molar-refractivity contribution is 0.157. The van der Waals surface area contributed by atoms with Crippen molar-refractivity contribution in [1.29, 1.82) is 0 Å². The highest BCUT2D eigenvalue weighted by Crippen LogP contribution is 2.15. The van der Waals surface area contributed by atoms with Crippen molar-refractivity contribution in [1.82, 2.24) is 4.90 Å². The molecule has 11 heavy (non-hydrogen) atoms. The topological polar surface area (TPSA) is 69.7 Å². The van der Waals surface area contributed by atoms with Crippen LogP contribution in [0.4, 0.5) is 0 Å². The van der Waals surface area contributed by atoms with Gasteiger partial charge in [-0.1, -0.05) is 0 Å². The molecule has 1 heterocycles. The van der Waals surface area contributed by atoms with E-state index in [-0.39, 0.29) is 18.8 Å². The number of hydrogen-bond acceptors (Lipinski definition) is 4. The Bertz CT molecular complexity index is 121. The average molecular weight is 160 g/mol. The molecule has 0 spiro atoms. The Kier molecular flexibility index (Phi) is 3.26. The van der Waals surface area contributed by atoms with Gasteiger partial charge in [-0.2, -0.15) is 0 Å². The van der Waals surface area contributed by atoms with Crippen LogP contribution in [-0.4, -0.2) is 53.5 Å². The molecular formula is C7H16N2O2. The first kappa shape index (κ1) is 8.93. The lowest BCUT2D eigenvalue weighted by atomic mass is 10.2. The van der Waals surface area contributed by atoms with Crippen LogP contribution in [-0.2, 0) is 0 Å². The molecule has 0 amide bonds. The summed E-state index contributed by atoms with van der Waals surface area (Å²) in [5.74, 6) is 0. The van der Waals surface area contributed by atoms with Crippen molar-refractivity contribution in [2.75, 3.05) is 26.2 Å². The van der Waals surface area contributed by atoms with Gasteiger partial charge in [0, 0.05) is 25.7 Å². The average Bonchev–Trinajstić information content (AvgIpc) is 2.32. The Morgan fingerprint density at radius 1 is 1.55 bits per heavy atom. The van der Waals surface area contributed by atoms with E-state index < -0.39 is 0 Å². The summed E-state index contributed by atoms with van der Waals surface area (Å²) in [5.41, 5.74) is 5.48. The van der Waals surface area contributed by atoms with Crippen LogP contribution in [0.3, 0.4) is 0 Å². The Morgan fingerprint density at radius 3 is 2.82 bits per heavy atom. The van der Waals surface area contributed by atoms with Gasteiger partial charge in [0.1, 0.15) is 0 Å². The lowest BCUT2D eigenvalue weighted by Crippen LogP contribution is -2.37. The number of nitrogens with zero attached hydrogens (tertiary/aromatic N) is 1. The first-order valence-corrected chi connectivity index (χ1v) is 4.01. The van der Waals surface area contributed by atoms with Crippen molar-refractivity contribution in [2.24, 2.45) is 5.73 Å². The minimum absolute atomic E-state index is 0.142. The molecule has 4 heteroatoms. The standard InChI is InChI=1S/C7H16N2O2/c8-4-6-3-7(11)5-9(6)1-2-10/h6-7,10-11H,1-5,8H2. The number of β-amino-alcohol motifs (C(OH)–C–C–N with tert-alkyl or cyclic N) is 2. The normalized spacial score (nSPS) is 33.0. The molecule has 1 fully saturated rings. The maximum absolute atomic E-state index is 9.25. The Hall–Kier alpha value is -0.160. The maximum atomic E-state index is 9.25. The fourth-order valence-electron chi connectivity index (χ4n) is 1.61. The number of aliphatic hydroxyl groups excluding tert-OH is 2. The Labute approximate surface area is 66.6 Å². The molecule has 2 atom stereocenters. The van der Waals surface area contributed by atoms with E-state index in [1.54, 1.807) is 0 Å². The van der Waals surface area contributed by atoms with Crippen molar-refractivity contribution in [3.8, 4) is 0 Å². The van der Waals surface area contributed by atoms with Crippen LogP contribution < -0.4 is 5.73 Å². The van der Waals surface area contributed by atoms with Crippen LogP contribution in [0.5, 0.6) is 0 Å². The molecule has 4 N–H and O–H groups in total. The van der Waals surface area contributed by atoms with E-state index in [1.165, 1.54) is 0 Å². The van der Waals surface area contributed by atoms with E-state index in [0.29, 0.717) is 19.6 Å². The molecule has 0 aromatic carbocycles. The third-order valence-corrected chi connectivity index (χ3v) is 2.17. The summed E-state index contributed by atoms with van der Waals surface area (Å²) in [7, 11) is 0. The summed E-state index contributed by atoms with van der Waals surface area (Å²) in [5, 5.41) is 17.9. The summed E-state index contributed by atoms with van der Waals surface area (Å²) in [6.07, 6.45) is 0.492. The van der Waals surface area contributed by atoms with Gasteiger partial charge in [-0.25, -0.2) is 0 Å². The number of aliphatic hydroxyl groups is 2. The van der Waals surface area contributed by atoms with Gasteiger partial charge in [0.2, 0.25) is 0 Å². The Morgan fingerprint density at radius 2 is 2.27 bits per heavy atom. The zero-order valence-corrected chi connectivity index (χ0v) is 6.61. The summed E-state index contributed by atoms with van der Waals surface area (Å²) in [6.45, 7) is 1.99. The van der Waals surface area contributed by atoms with Crippen LogP contribution in [0.25, 0.3) is 0 Å². The molecule has 0 saturated carbocycles. The molecule has 66 valence electrons. The first-order valence-electron chi connectivity index (χ1n) is 4.01. The van der Waals surface area contributed by atoms with Gasteiger partial charge < -0.3 is 15.9 Å². The summed E-state index contributed by atoms with van der Waals surface area (Å²) >= 11 is 0. The van der Waals surface area contributed by atoms with Crippen LogP contribution in [0, 0.1) is 0 Å². The van der Waals surface area contributed by atoms with Gasteiger partial charge in [0.15, 0.2) is 0 Å². The zero-order valence-electron chi connectivity index (χ0n) is 6.61. The summed E-state index contributed by atoms with van der Waals surface area (Å²) in [4.78, 5) is 2.03. The zero-order chi connectivity index (χ0) is 8.27. The van der Waals surface area contributed by atoms with Gasteiger partial charge in [-0.15, -0.1) is 0 Å². The highest BCUT2D eigenvalue weighted by Gasteiger charge is 2.28. The number of nitrogens with two attached hydrogens (primary N) is 1. The van der Waals surface area contributed by atoms with E-state index >= 15 is 0 Å². The smallest absolute Gasteiger partial charge is 0.0682 e. The van der Waals surface area contributed by atoms with E-state index in [2.05, 4.69) is 0 Å². The van der Waals surface area contributed by atoms with Crippen molar-refractivity contribution < 1.29 is 10.2 Å². The van der Waals surface area contributed by atoms with E-state index in [9.17, 15) is 5.11 Å². The van der Waals surface area contributed by atoms with Gasteiger partial charge >= 0.3 is 0 Å². The fraction of sp³-hybridized carbons (Fsp3) is 1.00. The van der Waals surface area contributed by atoms with Gasteiger partial charge in [0.25, 0.3) is 0 Å². The second-order valence-electron chi connectivity index (χ2n) is 3.00. The highest BCUT2D eigenvalue weighted by molar-refractivity contribution is 4.85. The van der Waals surface area contributed by atoms with Crippen LogP contribution >= 0.6 is 0 Å². The molecule has 1 aliphatic heterocycles. The molecular weight excluding hydrogens is 144 g/mol. The predicted octanol–water partition coefficient (Wildman–Crippen LogP) is -1.63. The van der Waals surface area contributed by atoms with Crippen molar-refractivity contribution in [2.45, 2.75) is 18.6 Å². The summed E-state index contributed by atoms with van der Waals surface area (Å²) in [6, 6.07) is 0.261. The van der Waals surface area contributed by atoms with Gasteiger partial charge in [-0.05, 0) is 6.42 Å². The van der Waals surface area contributed by atoms with Gasteiger partial charge in [0.05, 0.1) is 12.7 Å². The van der Waals surface area contributed by atoms with E-state index in [4.69, 9.17) is 10.8 Å². The highest BCUT2D eigenvalue weighted by atomic mass is 16.3. The van der Waals surface area contributed by atoms with Crippen LogP contribution in [0.15, 0.2) is 0 Å². The van der Waals surface area contributed by atoms with E-state index in [1.807, 2.05) is 4.90 Å². The monoisotopic (exact) mass is 160 g/mol. The van der Waals surface area contributed by atoms with E-state index in [0.717, 1.165) is 6.42 Å². The maximum Gasteiger partial charge on any atom is 0.0682 e. The number of rotatable bonds is 3. The molecule has 2 unspecified atom stereocenters. The third kappa shape index (κ3) is 2.13.